The quantitative estimate of drug-likeness (QED) is 0.378. The summed E-state index contributed by atoms with van der Waals surface area (Å²) in [4.78, 5) is 0. The van der Waals surface area contributed by atoms with Crippen molar-refractivity contribution in [2.75, 3.05) is 6.61 Å². The standard InChI is InChI=1S/C11H18O/c1-2-3-4-5-6-7-8-9-10-11-12/h9-10,12H,2-5,8,11H2,1H3. The monoisotopic (exact) mass is 166 g/mol. The van der Waals surface area contributed by atoms with Crippen molar-refractivity contribution < 1.29 is 5.11 Å². The Hall–Kier alpha value is -0.740. The van der Waals surface area contributed by atoms with Gasteiger partial charge in [0, 0.05) is 12.8 Å². The molecule has 0 aromatic carbocycles. The van der Waals surface area contributed by atoms with Gasteiger partial charge in [0.15, 0.2) is 0 Å². The lowest BCUT2D eigenvalue weighted by Gasteiger charge is -1.87. The molecule has 0 aliphatic heterocycles. The molecule has 1 N–H and O–H groups in total. The van der Waals surface area contributed by atoms with Crippen molar-refractivity contribution in [3.8, 4) is 11.8 Å². The maximum absolute atomic E-state index is 8.40. The third-order valence-corrected chi connectivity index (χ3v) is 1.52. The zero-order valence-corrected chi connectivity index (χ0v) is 7.84. The van der Waals surface area contributed by atoms with Crippen molar-refractivity contribution in [3.63, 3.8) is 0 Å². The number of aliphatic hydroxyl groups excluding tert-OH is 1. The number of aliphatic hydroxyl groups is 1. The summed E-state index contributed by atoms with van der Waals surface area (Å²) in [5.74, 6) is 6.13. The maximum Gasteiger partial charge on any atom is 0.0612 e. The third-order valence-electron chi connectivity index (χ3n) is 1.52. The molecule has 0 unspecified atom stereocenters. The summed E-state index contributed by atoms with van der Waals surface area (Å²) in [6, 6.07) is 0. The van der Waals surface area contributed by atoms with Gasteiger partial charge in [0.2, 0.25) is 0 Å². The molecule has 1 nitrogen and oxygen atoms in total. The molecule has 68 valence electrons. The van der Waals surface area contributed by atoms with Crippen molar-refractivity contribution in [2.24, 2.45) is 0 Å². The van der Waals surface area contributed by atoms with E-state index in [1.165, 1.54) is 19.3 Å². The lowest BCUT2D eigenvalue weighted by Crippen LogP contribution is -1.72. The van der Waals surface area contributed by atoms with Crippen molar-refractivity contribution in [2.45, 2.75) is 39.0 Å². The van der Waals surface area contributed by atoms with E-state index in [4.69, 9.17) is 5.11 Å². The molecule has 0 fully saturated rings. The maximum atomic E-state index is 8.40. The van der Waals surface area contributed by atoms with E-state index in [0.29, 0.717) is 0 Å². The van der Waals surface area contributed by atoms with Crippen molar-refractivity contribution in [1.29, 1.82) is 0 Å². The number of hydrogen-bond donors (Lipinski definition) is 1. The minimum absolute atomic E-state index is 0.123. The van der Waals surface area contributed by atoms with Gasteiger partial charge in [-0.1, -0.05) is 37.8 Å². The Labute approximate surface area is 75.5 Å². The van der Waals surface area contributed by atoms with E-state index in [2.05, 4.69) is 18.8 Å². The molecule has 0 amide bonds. The van der Waals surface area contributed by atoms with Gasteiger partial charge in [0.25, 0.3) is 0 Å². The van der Waals surface area contributed by atoms with E-state index in [9.17, 15) is 0 Å². The Morgan fingerprint density at radius 3 is 2.67 bits per heavy atom. The van der Waals surface area contributed by atoms with Crippen LogP contribution in [0.4, 0.5) is 0 Å². The summed E-state index contributed by atoms with van der Waals surface area (Å²) >= 11 is 0. The van der Waals surface area contributed by atoms with Gasteiger partial charge in [-0.25, -0.2) is 0 Å². The van der Waals surface area contributed by atoms with Crippen LogP contribution in [0.3, 0.4) is 0 Å². The SMILES string of the molecule is CCCCCC#CCC=CCO. The van der Waals surface area contributed by atoms with Crippen LogP contribution in [0.5, 0.6) is 0 Å². The van der Waals surface area contributed by atoms with Crippen LogP contribution < -0.4 is 0 Å². The van der Waals surface area contributed by atoms with Gasteiger partial charge in [-0.3, -0.25) is 0 Å². The highest BCUT2D eigenvalue weighted by Crippen LogP contribution is 1.96. The van der Waals surface area contributed by atoms with Crippen LogP contribution in [0.2, 0.25) is 0 Å². The summed E-state index contributed by atoms with van der Waals surface area (Å²) in [6.07, 6.45) is 9.15. The van der Waals surface area contributed by atoms with Crippen LogP contribution in [0.25, 0.3) is 0 Å². The van der Waals surface area contributed by atoms with Gasteiger partial charge in [0.1, 0.15) is 0 Å². The Balaban J connectivity index is 3.17. The Morgan fingerprint density at radius 2 is 2.00 bits per heavy atom. The second-order valence-electron chi connectivity index (χ2n) is 2.67. The molecule has 0 bridgehead atoms. The highest BCUT2D eigenvalue weighted by atomic mass is 16.2. The van der Waals surface area contributed by atoms with Crippen LogP contribution >= 0.6 is 0 Å². The molecule has 0 rings (SSSR count). The van der Waals surface area contributed by atoms with Gasteiger partial charge in [0.05, 0.1) is 6.61 Å². The molecule has 0 radical (unpaired) electrons. The fourth-order valence-electron chi connectivity index (χ4n) is 0.841. The van der Waals surface area contributed by atoms with E-state index >= 15 is 0 Å². The van der Waals surface area contributed by atoms with Gasteiger partial charge in [-0.05, 0) is 6.42 Å². The molecule has 12 heavy (non-hydrogen) atoms. The van der Waals surface area contributed by atoms with E-state index in [-0.39, 0.29) is 6.61 Å². The highest BCUT2D eigenvalue weighted by molar-refractivity contribution is 5.04. The van der Waals surface area contributed by atoms with Gasteiger partial charge >= 0.3 is 0 Å². The molecular formula is C11H18O. The topological polar surface area (TPSA) is 20.2 Å². The Bertz CT molecular complexity index is 160. The molecule has 0 aliphatic carbocycles. The minimum Gasteiger partial charge on any atom is -0.392 e. The first-order valence-electron chi connectivity index (χ1n) is 4.63. The third kappa shape index (κ3) is 9.26. The molecule has 0 saturated carbocycles. The highest BCUT2D eigenvalue weighted by Gasteiger charge is 1.79. The number of unbranched alkanes of at least 4 members (excludes halogenated alkanes) is 3. The summed E-state index contributed by atoms with van der Waals surface area (Å²) in [5, 5.41) is 8.40. The normalized spacial score (nSPS) is 9.83. The second-order valence-corrected chi connectivity index (χ2v) is 2.67. The molecule has 0 aliphatic rings. The van der Waals surface area contributed by atoms with E-state index in [1.807, 2.05) is 6.08 Å². The zero-order valence-electron chi connectivity index (χ0n) is 7.84. The van der Waals surface area contributed by atoms with E-state index in [1.54, 1.807) is 6.08 Å². The van der Waals surface area contributed by atoms with Crippen molar-refractivity contribution in [3.05, 3.63) is 12.2 Å². The molecule has 0 aromatic heterocycles. The minimum atomic E-state index is 0.123. The number of rotatable bonds is 5. The molecule has 0 aromatic rings. The van der Waals surface area contributed by atoms with Crippen LogP contribution in [-0.2, 0) is 0 Å². The van der Waals surface area contributed by atoms with Crippen LogP contribution in [0.15, 0.2) is 12.2 Å². The lowest BCUT2D eigenvalue weighted by atomic mass is 10.2. The molecule has 0 atom stereocenters. The van der Waals surface area contributed by atoms with E-state index < -0.39 is 0 Å². The molecule has 0 heterocycles. The van der Waals surface area contributed by atoms with Crippen LogP contribution in [-0.4, -0.2) is 11.7 Å². The van der Waals surface area contributed by atoms with Crippen molar-refractivity contribution in [1.82, 2.24) is 0 Å². The average molecular weight is 166 g/mol. The first-order valence-corrected chi connectivity index (χ1v) is 4.63. The molecule has 1 heteroatoms. The summed E-state index contributed by atoms with van der Waals surface area (Å²) in [7, 11) is 0. The summed E-state index contributed by atoms with van der Waals surface area (Å²) in [6.45, 7) is 2.31. The van der Waals surface area contributed by atoms with E-state index in [0.717, 1.165) is 12.8 Å². The second kappa shape index (κ2) is 10.3. The predicted octanol–water partition coefficient (Wildman–Crippen LogP) is 2.51. The lowest BCUT2D eigenvalue weighted by molar-refractivity contribution is 0.342. The summed E-state index contributed by atoms with van der Waals surface area (Å²) in [5.41, 5.74) is 0. The van der Waals surface area contributed by atoms with Gasteiger partial charge < -0.3 is 5.11 Å². The fourth-order valence-corrected chi connectivity index (χ4v) is 0.841. The zero-order chi connectivity index (χ0) is 9.07. The van der Waals surface area contributed by atoms with Crippen molar-refractivity contribution >= 4 is 0 Å². The Kier molecular flexibility index (Phi) is 9.63. The average Bonchev–Trinajstić information content (AvgIpc) is 2.10. The molecule has 0 spiro atoms. The number of hydrogen-bond acceptors (Lipinski definition) is 1. The fraction of sp³-hybridized carbons (Fsp3) is 0.636. The predicted molar refractivity (Wildman–Crippen MR) is 52.8 cm³/mol. The Morgan fingerprint density at radius 1 is 1.17 bits per heavy atom. The van der Waals surface area contributed by atoms with Crippen LogP contribution in [0.1, 0.15) is 39.0 Å². The van der Waals surface area contributed by atoms with Gasteiger partial charge in [-0.2, -0.15) is 0 Å². The molecule has 0 saturated heterocycles. The summed E-state index contributed by atoms with van der Waals surface area (Å²) < 4.78 is 0. The first-order chi connectivity index (χ1) is 5.91. The number of allylic oxidation sites excluding steroid dienone is 1. The largest absolute Gasteiger partial charge is 0.392 e. The van der Waals surface area contributed by atoms with Gasteiger partial charge in [-0.15, -0.1) is 5.92 Å². The molecular weight excluding hydrogens is 148 g/mol. The van der Waals surface area contributed by atoms with Crippen LogP contribution in [0, 0.1) is 11.8 Å². The first kappa shape index (κ1) is 11.3. The smallest absolute Gasteiger partial charge is 0.0612 e.